The van der Waals surface area contributed by atoms with Crippen molar-refractivity contribution in [2.45, 2.75) is 26.1 Å². The molecule has 1 atom stereocenters. The number of carbonyl (C=O) groups is 2. The summed E-state index contributed by atoms with van der Waals surface area (Å²) in [5.41, 5.74) is 2.69. The van der Waals surface area contributed by atoms with E-state index in [1.54, 1.807) is 12.1 Å². The van der Waals surface area contributed by atoms with E-state index in [0.717, 1.165) is 43.3 Å². The van der Waals surface area contributed by atoms with Crippen LogP contribution in [0.4, 0.5) is 0 Å². The number of rotatable bonds is 7. The number of benzene rings is 2. The predicted octanol–water partition coefficient (Wildman–Crippen LogP) is 2.95. The van der Waals surface area contributed by atoms with E-state index in [2.05, 4.69) is 27.2 Å². The van der Waals surface area contributed by atoms with Crippen molar-refractivity contribution in [3.63, 3.8) is 0 Å². The van der Waals surface area contributed by atoms with E-state index in [1.807, 2.05) is 31.2 Å². The number of nitrogens with zero attached hydrogens (tertiary/aromatic N) is 2. The molecule has 0 saturated carbocycles. The van der Waals surface area contributed by atoms with Crippen LogP contribution in [-0.4, -0.2) is 61.0 Å². The second-order valence-corrected chi connectivity index (χ2v) is 7.96. The van der Waals surface area contributed by atoms with Gasteiger partial charge in [-0.3, -0.25) is 14.6 Å². The number of hydrogen-bond acceptors (Lipinski definition) is 5. The molecule has 1 N–H and O–H groups in total. The van der Waals surface area contributed by atoms with Gasteiger partial charge in [0.15, 0.2) is 0 Å². The molecule has 1 amide bonds. The molecule has 1 aliphatic rings. The molecule has 7 heteroatoms. The summed E-state index contributed by atoms with van der Waals surface area (Å²) in [4.78, 5) is 28.7. The SMILES string of the molecule is COC(=O)c1ccc(CNC(=O)C(C)N2CCN(Cc3ccc(Cl)cc3)CC2)cc1. The van der Waals surface area contributed by atoms with Gasteiger partial charge in [-0.15, -0.1) is 0 Å². The first-order chi connectivity index (χ1) is 14.5. The highest BCUT2D eigenvalue weighted by molar-refractivity contribution is 6.30. The van der Waals surface area contributed by atoms with Crippen LogP contribution in [-0.2, 0) is 22.6 Å². The lowest BCUT2D eigenvalue weighted by Gasteiger charge is -2.37. The molecule has 0 spiro atoms. The van der Waals surface area contributed by atoms with Crippen LogP contribution in [0.3, 0.4) is 0 Å². The number of esters is 1. The average Bonchev–Trinajstić information content (AvgIpc) is 2.79. The quantitative estimate of drug-likeness (QED) is 0.685. The molecule has 2 aromatic carbocycles. The monoisotopic (exact) mass is 429 g/mol. The Balaban J connectivity index is 1.43. The molecule has 0 bridgehead atoms. The van der Waals surface area contributed by atoms with Crippen LogP contribution >= 0.6 is 11.6 Å². The van der Waals surface area contributed by atoms with Gasteiger partial charge in [-0.05, 0) is 42.3 Å². The number of halogens is 1. The maximum absolute atomic E-state index is 12.6. The molecule has 0 aliphatic carbocycles. The number of amides is 1. The number of ether oxygens (including phenoxy) is 1. The summed E-state index contributed by atoms with van der Waals surface area (Å²) in [6, 6.07) is 14.8. The molecule has 1 unspecified atom stereocenters. The zero-order valence-electron chi connectivity index (χ0n) is 17.4. The van der Waals surface area contributed by atoms with Crippen LogP contribution < -0.4 is 5.32 Å². The fraction of sp³-hybridized carbons (Fsp3) is 0.391. The molecule has 2 aromatic rings. The van der Waals surface area contributed by atoms with Gasteiger partial charge in [0.2, 0.25) is 5.91 Å². The molecular formula is C23H28ClN3O3. The van der Waals surface area contributed by atoms with E-state index < -0.39 is 0 Å². The lowest BCUT2D eigenvalue weighted by Crippen LogP contribution is -2.53. The van der Waals surface area contributed by atoms with E-state index in [1.165, 1.54) is 12.7 Å². The molecule has 30 heavy (non-hydrogen) atoms. The smallest absolute Gasteiger partial charge is 0.337 e. The van der Waals surface area contributed by atoms with Crippen molar-refractivity contribution in [3.8, 4) is 0 Å². The van der Waals surface area contributed by atoms with Crippen LogP contribution in [0, 0.1) is 0 Å². The Morgan fingerprint density at radius 3 is 2.20 bits per heavy atom. The second kappa shape index (κ2) is 10.6. The van der Waals surface area contributed by atoms with Crippen LogP contribution in [0.5, 0.6) is 0 Å². The number of hydrogen-bond donors (Lipinski definition) is 1. The van der Waals surface area contributed by atoms with Crippen LogP contribution in [0.25, 0.3) is 0 Å². The highest BCUT2D eigenvalue weighted by Crippen LogP contribution is 2.14. The third-order valence-corrected chi connectivity index (χ3v) is 5.75. The maximum Gasteiger partial charge on any atom is 0.337 e. The Morgan fingerprint density at radius 1 is 1.00 bits per heavy atom. The third-order valence-electron chi connectivity index (χ3n) is 5.50. The molecule has 6 nitrogen and oxygen atoms in total. The van der Waals surface area contributed by atoms with Crippen LogP contribution in [0.2, 0.25) is 5.02 Å². The zero-order chi connectivity index (χ0) is 21.5. The van der Waals surface area contributed by atoms with Gasteiger partial charge in [-0.1, -0.05) is 35.9 Å². The minimum atomic E-state index is -0.366. The van der Waals surface area contributed by atoms with Gasteiger partial charge in [0, 0.05) is 44.3 Å². The van der Waals surface area contributed by atoms with E-state index in [9.17, 15) is 9.59 Å². The third kappa shape index (κ3) is 6.05. The highest BCUT2D eigenvalue weighted by atomic mass is 35.5. The summed E-state index contributed by atoms with van der Waals surface area (Å²) in [6.45, 7) is 6.84. The Morgan fingerprint density at radius 2 is 1.60 bits per heavy atom. The van der Waals surface area contributed by atoms with Crippen molar-refractivity contribution in [2.24, 2.45) is 0 Å². The van der Waals surface area contributed by atoms with Crippen molar-refractivity contribution < 1.29 is 14.3 Å². The van der Waals surface area contributed by atoms with E-state index in [0.29, 0.717) is 12.1 Å². The molecule has 1 saturated heterocycles. The first-order valence-corrected chi connectivity index (χ1v) is 10.5. The van der Waals surface area contributed by atoms with Gasteiger partial charge in [0.25, 0.3) is 0 Å². The van der Waals surface area contributed by atoms with Gasteiger partial charge < -0.3 is 10.1 Å². The summed E-state index contributed by atoms with van der Waals surface area (Å²) >= 11 is 5.95. The lowest BCUT2D eigenvalue weighted by atomic mass is 10.1. The Bertz CT molecular complexity index is 847. The summed E-state index contributed by atoms with van der Waals surface area (Å²) in [5.74, 6) is -0.354. The topological polar surface area (TPSA) is 61.9 Å². The highest BCUT2D eigenvalue weighted by Gasteiger charge is 2.25. The van der Waals surface area contributed by atoms with Crippen molar-refractivity contribution in [3.05, 3.63) is 70.2 Å². The normalized spacial score (nSPS) is 16.1. The number of nitrogens with one attached hydrogen (secondary N) is 1. The summed E-state index contributed by atoms with van der Waals surface area (Å²) in [5, 5.41) is 3.74. The molecule has 1 fully saturated rings. The zero-order valence-corrected chi connectivity index (χ0v) is 18.2. The van der Waals surface area contributed by atoms with E-state index in [-0.39, 0.29) is 17.9 Å². The van der Waals surface area contributed by atoms with Crippen LogP contribution in [0.15, 0.2) is 48.5 Å². The second-order valence-electron chi connectivity index (χ2n) is 7.52. The minimum absolute atomic E-state index is 0.0122. The van der Waals surface area contributed by atoms with Gasteiger partial charge in [-0.25, -0.2) is 4.79 Å². The molecule has 0 radical (unpaired) electrons. The maximum atomic E-state index is 12.6. The van der Waals surface area contributed by atoms with Crippen molar-refractivity contribution >= 4 is 23.5 Å². The van der Waals surface area contributed by atoms with Crippen molar-refractivity contribution in [1.82, 2.24) is 15.1 Å². The first-order valence-electron chi connectivity index (χ1n) is 10.1. The molecule has 1 heterocycles. The molecule has 3 rings (SSSR count). The average molecular weight is 430 g/mol. The summed E-state index contributed by atoms with van der Waals surface area (Å²) < 4.78 is 4.70. The number of methoxy groups -OCH3 is 1. The number of carbonyl (C=O) groups excluding carboxylic acids is 2. The molecule has 160 valence electrons. The van der Waals surface area contributed by atoms with Crippen molar-refractivity contribution in [2.75, 3.05) is 33.3 Å². The first kappa shape index (κ1) is 22.3. The van der Waals surface area contributed by atoms with Gasteiger partial charge in [-0.2, -0.15) is 0 Å². The summed E-state index contributed by atoms with van der Waals surface area (Å²) in [7, 11) is 1.36. The lowest BCUT2D eigenvalue weighted by molar-refractivity contribution is -0.126. The largest absolute Gasteiger partial charge is 0.465 e. The van der Waals surface area contributed by atoms with Gasteiger partial charge >= 0.3 is 5.97 Å². The van der Waals surface area contributed by atoms with Gasteiger partial charge in [0.05, 0.1) is 18.7 Å². The predicted molar refractivity (Wildman–Crippen MR) is 117 cm³/mol. The fourth-order valence-corrected chi connectivity index (χ4v) is 3.66. The summed E-state index contributed by atoms with van der Waals surface area (Å²) in [6.07, 6.45) is 0. The van der Waals surface area contributed by atoms with Crippen LogP contribution in [0.1, 0.15) is 28.4 Å². The minimum Gasteiger partial charge on any atom is -0.465 e. The molecule has 0 aromatic heterocycles. The fourth-order valence-electron chi connectivity index (χ4n) is 3.54. The Labute approximate surface area is 182 Å². The standard InChI is InChI=1S/C23H28ClN3O3/c1-17(22(28)25-15-18-3-7-20(8-4-18)23(29)30-2)27-13-11-26(12-14-27)16-19-5-9-21(24)10-6-19/h3-10,17H,11-16H2,1-2H3,(H,25,28). The molecular weight excluding hydrogens is 402 g/mol. The number of piperazine rings is 1. The Hall–Kier alpha value is -2.41. The van der Waals surface area contributed by atoms with E-state index >= 15 is 0 Å². The molecule has 1 aliphatic heterocycles. The van der Waals surface area contributed by atoms with Gasteiger partial charge in [0.1, 0.15) is 0 Å². The van der Waals surface area contributed by atoms with Crippen molar-refractivity contribution in [1.29, 1.82) is 0 Å². The Kier molecular flexibility index (Phi) is 7.85. The van der Waals surface area contributed by atoms with E-state index in [4.69, 9.17) is 16.3 Å².